The Labute approximate surface area is 124 Å². The lowest BCUT2D eigenvalue weighted by molar-refractivity contribution is 0.0993. The number of Topliss-reactive ketones (excluding diaryl/α,β-unsaturated/α-hetero) is 1. The van der Waals surface area contributed by atoms with Crippen LogP contribution in [0.1, 0.15) is 15.2 Å². The number of thiophene rings is 1. The van der Waals surface area contributed by atoms with Crippen LogP contribution in [0.15, 0.2) is 34.1 Å². The molecule has 0 aliphatic heterocycles. The molecular weight excluding hydrogens is 328 g/mol. The molecule has 1 aromatic carbocycles. The Morgan fingerprint density at radius 2 is 1.84 bits per heavy atom. The van der Waals surface area contributed by atoms with Gasteiger partial charge in [-0.05, 0) is 39.5 Å². The molecule has 0 N–H and O–H groups in total. The van der Waals surface area contributed by atoms with E-state index in [1.165, 1.54) is 0 Å². The molecule has 0 aliphatic carbocycles. The molecule has 0 radical (unpaired) electrons. The second-order valence-electron chi connectivity index (χ2n) is 3.89. The van der Waals surface area contributed by atoms with Crippen molar-refractivity contribution in [2.45, 2.75) is 6.42 Å². The van der Waals surface area contributed by atoms with Crippen molar-refractivity contribution in [2.75, 3.05) is 14.2 Å². The second-order valence-corrected chi connectivity index (χ2v) is 5.75. The third-order valence-electron chi connectivity index (χ3n) is 2.69. The monoisotopic (exact) mass is 340 g/mol. The zero-order valence-corrected chi connectivity index (χ0v) is 13.0. The van der Waals surface area contributed by atoms with Gasteiger partial charge in [-0.1, -0.05) is 0 Å². The molecule has 0 unspecified atom stereocenters. The van der Waals surface area contributed by atoms with Gasteiger partial charge >= 0.3 is 0 Å². The lowest BCUT2D eigenvalue weighted by Gasteiger charge is -2.07. The quantitative estimate of drug-likeness (QED) is 0.773. The number of ether oxygens (including phenoxy) is 2. The Kier molecular flexibility index (Phi) is 4.61. The molecule has 0 bridgehead atoms. The number of carbonyl (C=O) groups is 1. The molecule has 3 nitrogen and oxygen atoms in total. The van der Waals surface area contributed by atoms with E-state index in [-0.39, 0.29) is 5.78 Å². The van der Waals surface area contributed by atoms with Crippen LogP contribution in [0.25, 0.3) is 0 Å². The van der Waals surface area contributed by atoms with Crippen LogP contribution in [0, 0.1) is 0 Å². The van der Waals surface area contributed by atoms with Crippen LogP contribution in [0.3, 0.4) is 0 Å². The Morgan fingerprint density at radius 1 is 1.21 bits per heavy atom. The largest absolute Gasteiger partial charge is 0.497 e. The number of carbonyl (C=O) groups excluding carboxylic acids is 1. The highest BCUT2D eigenvalue weighted by Crippen LogP contribution is 2.27. The molecule has 2 rings (SSSR count). The first kappa shape index (κ1) is 14.1. The van der Waals surface area contributed by atoms with Crippen molar-refractivity contribution < 1.29 is 14.3 Å². The van der Waals surface area contributed by atoms with Gasteiger partial charge in [-0.25, -0.2) is 0 Å². The summed E-state index contributed by atoms with van der Waals surface area (Å²) in [7, 11) is 3.14. The van der Waals surface area contributed by atoms with E-state index in [4.69, 9.17) is 9.47 Å². The van der Waals surface area contributed by atoms with Crippen LogP contribution >= 0.6 is 27.3 Å². The van der Waals surface area contributed by atoms with Crippen LogP contribution in [-0.2, 0) is 6.42 Å². The Bertz CT molecular complexity index is 570. The van der Waals surface area contributed by atoms with E-state index in [2.05, 4.69) is 15.9 Å². The van der Waals surface area contributed by atoms with Gasteiger partial charge in [-0.15, -0.1) is 11.3 Å². The predicted molar refractivity (Wildman–Crippen MR) is 79.6 cm³/mol. The van der Waals surface area contributed by atoms with E-state index in [1.807, 2.05) is 11.4 Å². The first-order valence-electron chi connectivity index (χ1n) is 5.62. The fraction of sp³-hybridized carbons (Fsp3) is 0.214. The van der Waals surface area contributed by atoms with Crippen LogP contribution < -0.4 is 9.47 Å². The third-order valence-corrected chi connectivity index (χ3v) is 4.61. The predicted octanol–water partition coefficient (Wildman–Crippen LogP) is 3.95. The molecule has 100 valence electrons. The highest BCUT2D eigenvalue weighted by Gasteiger charge is 2.13. The summed E-state index contributed by atoms with van der Waals surface area (Å²) in [5, 5.41) is 1.96. The Balaban J connectivity index is 2.25. The molecule has 5 heteroatoms. The summed E-state index contributed by atoms with van der Waals surface area (Å²) in [6.45, 7) is 0. The first-order chi connectivity index (χ1) is 9.13. The van der Waals surface area contributed by atoms with E-state index in [0.717, 1.165) is 9.35 Å². The van der Waals surface area contributed by atoms with Crippen molar-refractivity contribution in [3.05, 3.63) is 44.6 Å². The van der Waals surface area contributed by atoms with E-state index < -0.39 is 0 Å². The standard InChI is InChI=1S/C14H13BrO3S/c1-17-10-5-9(6-11(7-10)18-2)13(16)8-14-12(15)3-4-19-14/h3-7H,8H2,1-2H3. The average Bonchev–Trinajstić information content (AvgIpc) is 2.83. The third kappa shape index (κ3) is 3.36. The van der Waals surface area contributed by atoms with Crippen LogP contribution in [0.4, 0.5) is 0 Å². The minimum absolute atomic E-state index is 0.0420. The summed E-state index contributed by atoms with van der Waals surface area (Å²) < 4.78 is 11.3. The van der Waals surface area contributed by atoms with Gasteiger partial charge in [0.05, 0.1) is 14.2 Å². The Morgan fingerprint density at radius 3 is 2.32 bits per heavy atom. The summed E-state index contributed by atoms with van der Waals surface area (Å²) in [5.41, 5.74) is 0.594. The number of ketones is 1. The second kappa shape index (κ2) is 6.21. The van der Waals surface area contributed by atoms with Crippen molar-refractivity contribution in [3.8, 4) is 11.5 Å². The average molecular weight is 341 g/mol. The number of methoxy groups -OCH3 is 2. The van der Waals surface area contributed by atoms with Gasteiger partial charge in [0.25, 0.3) is 0 Å². The minimum Gasteiger partial charge on any atom is -0.497 e. The fourth-order valence-electron chi connectivity index (χ4n) is 1.67. The SMILES string of the molecule is COc1cc(OC)cc(C(=O)Cc2sccc2Br)c1. The van der Waals surface area contributed by atoms with Crippen molar-refractivity contribution in [1.29, 1.82) is 0 Å². The number of halogens is 1. The number of hydrogen-bond donors (Lipinski definition) is 0. The molecule has 0 fully saturated rings. The van der Waals surface area contributed by atoms with E-state index >= 15 is 0 Å². The minimum atomic E-state index is 0.0420. The number of hydrogen-bond acceptors (Lipinski definition) is 4. The highest BCUT2D eigenvalue weighted by atomic mass is 79.9. The molecule has 0 aliphatic rings. The van der Waals surface area contributed by atoms with Crippen molar-refractivity contribution in [3.63, 3.8) is 0 Å². The normalized spacial score (nSPS) is 10.3. The van der Waals surface area contributed by atoms with Gasteiger partial charge < -0.3 is 9.47 Å². The molecule has 0 atom stereocenters. The van der Waals surface area contributed by atoms with Gasteiger partial charge in [0.15, 0.2) is 5.78 Å². The first-order valence-corrected chi connectivity index (χ1v) is 7.29. The topological polar surface area (TPSA) is 35.5 Å². The molecule has 0 amide bonds. The molecule has 1 aromatic heterocycles. The van der Waals surface area contributed by atoms with Crippen LogP contribution in [-0.4, -0.2) is 20.0 Å². The van der Waals surface area contributed by atoms with E-state index in [1.54, 1.807) is 43.8 Å². The van der Waals surface area contributed by atoms with Gasteiger partial charge in [0, 0.05) is 27.4 Å². The fourth-order valence-corrected chi connectivity index (χ4v) is 3.16. The molecule has 0 spiro atoms. The van der Waals surface area contributed by atoms with Crippen molar-refractivity contribution in [1.82, 2.24) is 0 Å². The molecule has 2 aromatic rings. The van der Waals surface area contributed by atoms with Gasteiger partial charge in [0.1, 0.15) is 11.5 Å². The van der Waals surface area contributed by atoms with E-state index in [9.17, 15) is 4.79 Å². The van der Waals surface area contributed by atoms with Crippen LogP contribution in [0.2, 0.25) is 0 Å². The number of benzene rings is 1. The van der Waals surface area contributed by atoms with Crippen molar-refractivity contribution in [2.24, 2.45) is 0 Å². The zero-order valence-electron chi connectivity index (χ0n) is 10.6. The summed E-state index contributed by atoms with van der Waals surface area (Å²) >= 11 is 4.99. The lowest BCUT2D eigenvalue weighted by Crippen LogP contribution is -2.03. The molecule has 0 saturated heterocycles. The molecular formula is C14H13BrO3S. The molecule has 1 heterocycles. The zero-order chi connectivity index (χ0) is 13.8. The van der Waals surface area contributed by atoms with Gasteiger partial charge in [-0.2, -0.15) is 0 Å². The summed E-state index contributed by atoms with van der Waals surface area (Å²) in [5.74, 6) is 1.28. The van der Waals surface area contributed by atoms with Crippen molar-refractivity contribution >= 4 is 33.0 Å². The Hall–Kier alpha value is -1.33. The summed E-state index contributed by atoms with van der Waals surface area (Å²) in [6.07, 6.45) is 0.370. The smallest absolute Gasteiger partial charge is 0.168 e. The van der Waals surface area contributed by atoms with E-state index in [0.29, 0.717) is 23.5 Å². The maximum Gasteiger partial charge on any atom is 0.168 e. The summed E-state index contributed by atoms with van der Waals surface area (Å²) in [4.78, 5) is 13.3. The maximum absolute atomic E-state index is 12.3. The lowest BCUT2D eigenvalue weighted by atomic mass is 10.1. The summed E-state index contributed by atoms with van der Waals surface area (Å²) in [6, 6.07) is 7.15. The molecule has 0 saturated carbocycles. The number of rotatable bonds is 5. The molecule has 19 heavy (non-hydrogen) atoms. The van der Waals surface area contributed by atoms with Crippen LogP contribution in [0.5, 0.6) is 11.5 Å². The maximum atomic E-state index is 12.3. The van der Waals surface area contributed by atoms with Gasteiger partial charge in [-0.3, -0.25) is 4.79 Å². The highest BCUT2D eigenvalue weighted by molar-refractivity contribution is 9.10. The van der Waals surface area contributed by atoms with Gasteiger partial charge in [0.2, 0.25) is 0 Å².